The van der Waals surface area contributed by atoms with Crippen molar-refractivity contribution < 1.29 is 35.6 Å². The molecule has 5 heteroatoms. The largest absolute Gasteiger partial charge is 0 e. The fourth-order valence-corrected chi connectivity index (χ4v) is 0. The minimum Gasteiger partial charge on any atom is 0 e. The Morgan fingerprint density at radius 3 is 1.17 bits per heavy atom. The van der Waals surface area contributed by atoms with Crippen molar-refractivity contribution in [2.45, 2.75) is 5.07 Å². The van der Waals surface area contributed by atoms with E-state index in [0.717, 1.165) is 0 Å². The van der Waals surface area contributed by atoms with Crippen molar-refractivity contribution in [2.75, 3.05) is 0 Å². The van der Waals surface area contributed by atoms with E-state index in [1.54, 1.807) is 0 Å². The summed E-state index contributed by atoms with van der Waals surface area (Å²) in [6.45, 7) is 0. The molecule has 0 heterocycles. The van der Waals surface area contributed by atoms with Gasteiger partial charge in [-0.3, -0.25) is 0 Å². The number of hydrogen-bond acceptors (Lipinski definition) is 0. The zero-order chi connectivity index (χ0) is 4.50. The Kier molecular flexibility index (Phi) is 5.23. The van der Waals surface area contributed by atoms with Crippen LogP contribution in [0.25, 0.3) is 0 Å². The Labute approximate surface area is 56.8 Å². The molecule has 0 aromatic heterocycles. The number of hydrogen-bond donors (Lipinski definition) is 0. The molecule has 0 N–H and O–H groups in total. The maximum Gasteiger partial charge on any atom is 0 e. The van der Waals surface area contributed by atoms with E-state index in [1.807, 2.05) is 0 Å². The molecule has 0 fully saturated rings. The summed E-state index contributed by atoms with van der Waals surface area (Å²) in [5.74, 6) is 0. The molecule has 0 aliphatic heterocycles. The Morgan fingerprint density at radius 2 is 1.17 bits per heavy atom. The Bertz CT molecular complexity index is 26.3. The minimum absolute atomic E-state index is 0. The molecule has 0 amide bonds. The molecule has 0 rings (SSSR count). The molecule has 0 aliphatic rings. The first-order valence-corrected chi connectivity index (χ1v) is 1.73. The van der Waals surface area contributed by atoms with Crippen molar-refractivity contribution in [1.82, 2.24) is 0 Å². The average Bonchev–Trinajstić information content (AvgIpc) is 0.722. The summed E-state index contributed by atoms with van der Waals surface area (Å²) >= 11 is 0.583. The van der Waals surface area contributed by atoms with Crippen molar-refractivity contribution in [3.8, 4) is 0 Å². The second-order valence-electron chi connectivity index (χ2n) is 0.468. The van der Waals surface area contributed by atoms with Gasteiger partial charge in [0.25, 0.3) is 0 Å². The van der Waals surface area contributed by atoms with Crippen LogP contribution in [0.2, 0.25) is 0 Å². The predicted molar refractivity (Wildman–Crippen MR) is 13.2 cm³/mol. The third-order valence-corrected chi connectivity index (χ3v) is 0. The molecule has 0 saturated heterocycles. The molecular weight excluding hydrogens is 256 g/mol. The van der Waals surface area contributed by atoms with E-state index in [-0.39, 0.29) is 22.4 Å². The summed E-state index contributed by atoms with van der Waals surface area (Å²) in [5.41, 5.74) is 0. The summed E-state index contributed by atoms with van der Waals surface area (Å²) in [6.07, 6.45) is 0. The Balaban J connectivity index is 0. The average molecular weight is 257 g/mol. The fraction of sp³-hybridized carbons (Fsp3) is 1.00. The summed E-state index contributed by atoms with van der Waals surface area (Å²) in [6, 6.07) is 0. The van der Waals surface area contributed by atoms with Crippen LogP contribution in [0.4, 0.5) is 13.2 Å². The molecule has 6 heavy (non-hydrogen) atoms. The van der Waals surface area contributed by atoms with Crippen molar-refractivity contribution in [2.24, 2.45) is 0 Å². The van der Waals surface area contributed by atoms with Gasteiger partial charge in [0.05, 0.1) is 0 Å². The molecule has 0 bridgehead atoms. The van der Waals surface area contributed by atoms with Gasteiger partial charge in [-0.15, -0.1) is 0 Å². The molecule has 1 radical (unpaired) electrons. The number of rotatable bonds is 0. The van der Waals surface area contributed by atoms with Gasteiger partial charge in [-0.1, -0.05) is 0 Å². The molecule has 43 valence electrons. The first kappa shape index (κ1) is 10.1. The van der Waals surface area contributed by atoms with Gasteiger partial charge in [-0.25, -0.2) is 0 Å². The van der Waals surface area contributed by atoms with Crippen LogP contribution in [0.1, 0.15) is 0 Å². The Hall–Kier alpha value is 1.05. The molecular formula is CHAgF3Se. The summed E-state index contributed by atoms with van der Waals surface area (Å²) in [7, 11) is 0. The van der Waals surface area contributed by atoms with Gasteiger partial charge >= 0.3 is 34.3 Å². The van der Waals surface area contributed by atoms with E-state index in [4.69, 9.17) is 0 Å². The van der Waals surface area contributed by atoms with Crippen LogP contribution in [0, 0.1) is 0 Å². The van der Waals surface area contributed by atoms with Crippen molar-refractivity contribution in [1.29, 1.82) is 0 Å². The van der Waals surface area contributed by atoms with Gasteiger partial charge in [0.2, 0.25) is 0 Å². The van der Waals surface area contributed by atoms with Crippen LogP contribution in [0.5, 0.6) is 0 Å². The van der Waals surface area contributed by atoms with E-state index in [2.05, 4.69) is 0 Å². The smallest absolute Gasteiger partial charge is 0 e. The fourth-order valence-electron chi connectivity index (χ4n) is 0. The molecule has 0 aromatic carbocycles. The molecule has 0 unspecified atom stereocenters. The van der Waals surface area contributed by atoms with E-state index < -0.39 is 5.07 Å². The Morgan fingerprint density at radius 1 is 1.17 bits per heavy atom. The molecule has 0 saturated carbocycles. The molecule has 0 spiro atoms. The first-order valence-electron chi connectivity index (χ1n) is 0.791. The topological polar surface area (TPSA) is 0 Å². The predicted octanol–water partition coefficient (Wildman–Crippen LogP) is 0.404. The van der Waals surface area contributed by atoms with E-state index in [9.17, 15) is 13.2 Å². The summed E-state index contributed by atoms with van der Waals surface area (Å²) < 4.78 is 31.0. The molecule has 0 atom stereocenters. The third-order valence-electron chi connectivity index (χ3n) is 0. The second-order valence-corrected chi connectivity index (χ2v) is 1.53. The minimum atomic E-state index is -4.06. The van der Waals surface area contributed by atoms with Crippen molar-refractivity contribution >= 4 is 16.0 Å². The van der Waals surface area contributed by atoms with Crippen LogP contribution in [0.3, 0.4) is 0 Å². The van der Waals surface area contributed by atoms with Gasteiger partial charge in [-0.2, -0.15) is 0 Å². The van der Waals surface area contributed by atoms with Crippen LogP contribution < -0.4 is 0 Å². The maximum absolute atomic E-state index is 10.3. The van der Waals surface area contributed by atoms with Crippen LogP contribution in [-0.4, -0.2) is 21.1 Å². The normalized spacial score (nSPS) is 10.0. The third kappa shape index (κ3) is 75.2. The van der Waals surface area contributed by atoms with Crippen LogP contribution >= 0.6 is 0 Å². The zero-order valence-electron chi connectivity index (χ0n) is 2.38. The van der Waals surface area contributed by atoms with Gasteiger partial charge in [0.1, 0.15) is 0 Å². The summed E-state index contributed by atoms with van der Waals surface area (Å²) in [5, 5.41) is -4.06. The monoisotopic (exact) mass is 257 g/mol. The molecule has 0 aromatic rings. The quantitative estimate of drug-likeness (QED) is 0.551. The van der Waals surface area contributed by atoms with E-state index in [1.165, 1.54) is 0 Å². The summed E-state index contributed by atoms with van der Waals surface area (Å²) in [4.78, 5) is 0. The second kappa shape index (κ2) is 3.10. The van der Waals surface area contributed by atoms with Crippen LogP contribution in [-0.2, 0) is 22.4 Å². The van der Waals surface area contributed by atoms with Crippen molar-refractivity contribution in [3.63, 3.8) is 0 Å². The van der Waals surface area contributed by atoms with Gasteiger partial charge in [-0.05, 0) is 0 Å². The van der Waals surface area contributed by atoms with Crippen LogP contribution in [0.15, 0.2) is 0 Å². The van der Waals surface area contributed by atoms with Gasteiger partial charge < -0.3 is 0 Å². The van der Waals surface area contributed by atoms with Gasteiger partial charge in [0, 0.05) is 22.4 Å². The zero-order valence-corrected chi connectivity index (χ0v) is 5.74. The van der Waals surface area contributed by atoms with E-state index >= 15 is 0 Å². The molecule has 0 aliphatic carbocycles. The standard InChI is InChI=1S/CHF3Se.Ag/c2-1(3,4)5;/h5H;. The maximum atomic E-state index is 10.3. The molecule has 0 nitrogen and oxygen atoms in total. The van der Waals surface area contributed by atoms with Crippen molar-refractivity contribution in [3.05, 3.63) is 0 Å². The SMILES string of the molecule is FC(F)(F)[SeH].[Ag]. The number of halogens is 3. The van der Waals surface area contributed by atoms with Gasteiger partial charge in [0.15, 0.2) is 0 Å². The van der Waals surface area contributed by atoms with E-state index in [0.29, 0.717) is 16.0 Å². The first-order chi connectivity index (χ1) is 2.00. The number of alkyl halides is 3.